The fourth-order valence-electron chi connectivity index (χ4n) is 4.15. The summed E-state index contributed by atoms with van der Waals surface area (Å²) in [5.74, 6) is -3.70. The van der Waals surface area contributed by atoms with Crippen molar-refractivity contribution in [2.45, 2.75) is 16.2 Å². The molecule has 0 saturated heterocycles. The summed E-state index contributed by atoms with van der Waals surface area (Å²) in [6, 6.07) is 11.0. The van der Waals surface area contributed by atoms with Gasteiger partial charge in [-0.3, -0.25) is 9.36 Å². The average molecular weight is 706 g/mol. The van der Waals surface area contributed by atoms with Gasteiger partial charge in [0.05, 0.1) is 12.1 Å². The second kappa shape index (κ2) is 13.8. The van der Waals surface area contributed by atoms with Gasteiger partial charge < -0.3 is 40.5 Å². The van der Waals surface area contributed by atoms with Crippen LogP contribution in [0.4, 0.5) is 13.2 Å². The molecule has 0 spiro atoms. The van der Waals surface area contributed by atoms with Crippen LogP contribution < -0.4 is 25.2 Å². The molecule has 0 saturated carbocycles. The minimum Gasteiger partial charge on any atom is -0.504 e. The Morgan fingerprint density at radius 1 is 0.978 bits per heavy atom. The summed E-state index contributed by atoms with van der Waals surface area (Å²) in [6.45, 7) is 0.0404. The van der Waals surface area contributed by atoms with Gasteiger partial charge in [-0.25, -0.2) is 8.42 Å². The third kappa shape index (κ3) is 8.27. The van der Waals surface area contributed by atoms with Gasteiger partial charge in [-0.15, -0.1) is 11.3 Å². The molecule has 0 aliphatic rings. The highest BCUT2D eigenvalue weighted by Crippen LogP contribution is 2.53. The molecule has 0 aliphatic heterocycles. The number of nitrogens with two attached hydrogens (primary N) is 1. The third-order valence-corrected chi connectivity index (χ3v) is 10.5. The standard InChI is InChI=1S/C27H27F3N3O10PS2/c28-27(29,30)18-4-2-1-3-17(18)26(44(37,38)39)33-46(40,41)24-13-16-12-21(42-9-7-31)22(14-23(16)45-24)43-10-8-32-25(36)15-5-6-19(34)20(35)11-15/h1-6,11-14,26,33-35H,7-10,31H2,(H,32,36)(H2,37,38,39). The first-order chi connectivity index (χ1) is 21.5. The van der Waals surface area contributed by atoms with E-state index in [2.05, 4.69) is 5.32 Å². The van der Waals surface area contributed by atoms with Crippen LogP contribution in [-0.2, 0) is 20.8 Å². The summed E-state index contributed by atoms with van der Waals surface area (Å²) in [4.78, 5) is 32.1. The highest BCUT2D eigenvalue weighted by molar-refractivity contribution is 7.92. The van der Waals surface area contributed by atoms with E-state index in [1.807, 2.05) is 0 Å². The van der Waals surface area contributed by atoms with Crippen LogP contribution in [-0.4, -0.2) is 60.6 Å². The van der Waals surface area contributed by atoms with Crippen LogP contribution in [0.5, 0.6) is 23.0 Å². The van der Waals surface area contributed by atoms with Crippen molar-refractivity contribution in [1.29, 1.82) is 0 Å². The molecule has 248 valence electrons. The monoisotopic (exact) mass is 705 g/mol. The number of sulfonamides is 1. The van der Waals surface area contributed by atoms with Gasteiger partial charge in [-0.2, -0.15) is 17.9 Å². The fourth-order valence-corrected chi connectivity index (χ4v) is 8.18. The number of aromatic hydroxyl groups is 2. The van der Waals surface area contributed by atoms with Gasteiger partial charge in [0.15, 0.2) is 23.0 Å². The molecular weight excluding hydrogens is 678 g/mol. The predicted molar refractivity (Wildman–Crippen MR) is 161 cm³/mol. The number of ether oxygens (including phenoxy) is 2. The molecule has 8 N–H and O–H groups in total. The van der Waals surface area contributed by atoms with Crippen LogP contribution in [0.25, 0.3) is 10.1 Å². The number of carbonyl (C=O) groups excluding carboxylic acids is 1. The molecule has 0 aliphatic carbocycles. The maximum atomic E-state index is 13.6. The van der Waals surface area contributed by atoms with Crippen LogP contribution in [0.1, 0.15) is 27.3 Å². The number of nitrogens with one attached hydrogen (secondary N) is 2. The highest BCUT2D eigenvalue weighted by Gasteiger charge is 2.42. The van der Waals surface area contributed by atoms with Crippen LogP contribution in [0.15, 0.2) is 64.9 Å². The van der Waals surface area contributed by atoms with Gasteiger partial charge >= 0.3 is 13.8 Å². The third-order valence-electron chi connectivity index (χ3n) is 6.25. The summed E-state index contributed by atoms with van der Waals surface area (Å²) in [5.41, 5.74) is 3.24. The minimum absolute atomic E-state index is 0.0218. The van der Waals surface area contributed by atoms with E-state index in [9.17, 15) is 50.9 Å². The van der Waals surface area contributed by atoms with E-state index in [0.717, 1.165) is 36.4 Å². The van der Waals surface area contributed by atoms with Gasteiger partial charge in [0.1, 0.15) is 23.2 Å². The molecule has 3 aromatic carbocycles. The van der Waals surface area contributed by atoms with E-state index in [1.165, 1.54) is 18.2 Å². The van der Waals surface area contributed by atoms with Crippen LogP contribution in [0.2, 0.25) is 0 Å². The normalized spacial score (nSPS) is 13.0. The number of rotatable bonds is 13. The molecular formula is C27H27F3N3O10PS2. The summed E-state index contributed by atoms with van der Waals surface area (Å²) >= 11 is 0.653. The number of alkyl halides is 3. The van der Waals surface area contributed by atoms with Crippen molar-refractivity contribution < 1.29 is 60.4 Å². The molecule has 0 fully saturated rings. The molecule has 0 radical (unpaired) electrons. The van der Waals surface area contributed by atoms with E-state index in [1.54, 1.807) is 4.72 Å². The molecule has 19 heteroatoms. The lowest BCUT2D eigenvalue weighted by molar-refractivity contribution is -0.138. The number of halogens is 3. The molecule has 0 bridgehead atoms. The van der Waals surface area contributed by atoms with E-state index >= 15 is 0 Å². The van der Waals surface area contributed by atoms with Crippen LogP contribution >= 0.6 is 18.9 Å². The van der Waals surface area contributed by atoms with Crippen LogP contribution in [0, 0.1) is 0 Å². The van der Waals surface area contributed by atoms with Crippen molar-refractivity contribution >= 4 is 44.9 Å². The van der Waals surface area contributed by atoms with Gasteiger partial charge in [0, 0.05) is 22.9 Å². The lowest BCUT2D eigenvalue weighted by Crippen LogP contribution is -2.29. The zero-order chi connectivity index (χ0) is 33.9. The van der Waals surface area contributed by atoms with Gasteiger partial charge in [0.2, 0.25) is 0 Å². The van der Waals surface area contributed by atoms with Gasteiger partial charge in [-0.1, -0.05) is 18.2 Å². The lowest BCUT2D eigenvalue weighted by Gasteiger charge is -2.23. The van der Waals surface area contributed by atoms with Gasteiger partial charge in [-0.05, 0) is 47.3 Å². The SMILES string of the molecule is NCCOc1cc2cc(S(=O)(=O)NC(c3ccccc3C(F)(F)F)P(=O)(O)O)sc2cc1OCCNC(=O)c1ccc(O)c(O)c1. The quantitative estimate of drug-likeness (QED) is 0.0605. The Bertz CT molecular complexity index is 1900. The van der Waals surface area contributed by atoms with E-state index < -0.39 is 62.3 Å². The number of amides is 1. The Balaban J connectivity index is 1.58. The zero-order valence-electron chi connectivity index (χ0n) is 23.4. The van der Waals surface area contributed by atoms with E-state index in [4.69, 9.17) is 15.2 Å². The first kappa shape index (κ1) is 35.0. The molecule has 4 rings (SSSR count). The first-order valence-corrected chi connectivity index (χ1v) is 17.1. The molecule has 13 nitrogen and oxygen atoms in total. The molecule has 1 amide bonds. The van der Waals surface area contributed by atoms with Crippen molar-refractivity contribution in [2.75, 3.05) is 26.3 Å². The molecule has 1 heterocycles. The van der Waals surface area contributed by atoms with E-state index in [-0.39, 0.29) is 43.4 Å². The van der Waals surface area contributed by atoms with E-state index in [0.29, 0.717) is 27.5 Å². The minimum atomic E-state index is -5.51. The Kier molecular flexibility index (Phi) is 10.5. The Morgan fingerprint density at radius 2 is 1.65 bits per heavy atom. The summed E-state index contributed by atoms with van der Waals surface area (Å²) < 4.78 is 92.6. The molecule has 4 aromatic rings. The lowest BCUT2D eigenvalue weighted by atomic mass is 10.1. The Hall–Kier alpha value is -3.90. The highest BCUT2D eigenvalue weighted by atomic mass is 32.2. The fraction of sp³-hybridized carbons (Fsp3) is 0.222. The van der Waals surface area contributed by atoms with Crippen molar-refractivity contribution in [2.24, 2.45) is 5.73 Å². The topological polar surface area (TPSA) is 218 Å². The Labute approximate surface area is 263 Å². The Morgan fingerprint density at radius 3 is 2.30 bits per heavy atom. The number of hydrogen-bond donors (Lipinski definition) is 7. The second-order valence-corrected chi connectivity index (χ2v) is 14.3. The first-order valence-electron chi connectivity index (χ1n) is 13.1. The molecule has 1 aromatic heterocycles. The summed E-state index contributed by atoms with van der Waals surface area (Å²) in [5, 5.41) is 21.8. The number of hydrogen-bond acceptors (Lipinski definition) is 10. The summed E-state index contributed by atoms with van der Waals surface area (Å²) in [6.07, 6.45) is -5.03. The number of phenols is 2. The number of phenolic OH excluding ortho intramolecular Hbond substituents is 2. The second-order valence-electron chi connectivity index (χ2n) is 9.55. The van der Waals surface area contributed by atoms with Crippen molar-refractivity contribution in [3.05, 3.63) is 77.4 Å². The molecule has 1 atom stereocenters. The summed E-state index contributed by atoms with van der Waals surface area (Å²) in [7, 11) is -10.3. The maximum Gasteiger partial charge on any atom is 0.416 e. The number of fused-ring (bicyclic) bond motifs is 1. The largest absolute Gasteiger partial charge is 0.504 e. The molecule has 46 heavy (non-hydrogen) atoms. The molecule has 1 unspecified atom stereocenters. The smallest absolute Gasteiger partial charge is 0.416 e. The van der Waals surface area contributed by atoms with Crippen molar-refractivity contribution in [3.8, 4) is 23.0 Å². The van der Waals surface area contributed by atoms with Gasteiger partial charge in [0.25, 0.3) is 15.9 Å². The van der Waals surface area contributed by atoms with Crippen molar-refractivity contribution in [1.82, 2.24) is 10.0 Å². The average Bonchev–Trinajstić information content (AvgIpc) is 3.41. The van der Waals surface area contributed by atoms with Crippen LogP contribution in [0.3, 0.4) is 0 Å². The van der Waals surface area contributed by atoms with Crippen molar-refractivity contribution in [3.63, 3.8) is 0 Å². The number of carbonyl (C=O) groups is 1. The maximum absolute atomic E-state index is 13.6. The number of thiophene rings is 1. The predicted octanol–water partition coefficient (Wildman–Crippen LogP) is 3.63. The zero-order valence-corrected chi connectivity index (χ0v) is 25.9. The number of benzene rings is 3.